The number of aromatic carboxylic acids is 1. The zero-order valence-electron chi connectivity index (χ0n) is 9.48. The molecule has 0 saturated carbocycles. The summed E-state index contributed by atoms with van der Waals surface area (Å²) < 4.78 is 0. The summed E-state index contributed by atoms with van der Waals surface area (Å²) in [6.45, 7) is 0.913. The first kappa shape index (κ1) is 12.1. The van der Waals surface area contributed by atoms with Crippen LogP contribution in [0.25, 0.3) is 0 Å². The van der Waals surface area contributed by atoms with Gasteiger partial charge in [0.15, 0.2) is 0 Å². The van der Waals surface area contributed by atoms with Gasteiger partial charge in [0.1, 0.15) is 0 Å². The predicted octanol–water partition coefficient (Wildman–Crippen LogP) is 2.27. The fraction of sp³-hybridized carbons (Fsp3) is 0.417. The van der Waals surface area contributed by atoms with Gasteiger partial charge in [-0.25, -0.2) is 4.79 Å². The zero-order chi connectivity index (χ0) is 12.3. The second-order valence-corrected chi connectivity index (χ2v) is 5.53. The summed E-state index contributed by atoms with van der Waals surface area (Å²) >= 11 is 1.99. The van der Waals surface area contributed by atoms with E-state index in [9.17, 15) is 4.79 Å². The number of nitrogens with one attached hydrogen (secondary N) is 1. The van der Waals surface area contributed by atoms with E-state index in [1.54, 1.807) is 18.2 Å². The van der Waals surface area contributed by atoms with Crippen LogP contribution in [0, 0.1) is 0 Å². The highest BCUT2D eigenvalue weighted by molar-refractivity contribution is 8.00. The quantitative estimate of drug-likeness (QED) is 0.717. The minimum Gasteiger partial charge on any atom is -0.478 e. The molecule has 2 rings (SSSR count). The Balaban J connectivity index is 1.97. The Labute approximate surface area is 105 Å². The topological polar surface area (TPSA) is 75.3 Å². The third kappa shape index (κ3) is 3.06. The van der Waals surface area contributed by atoms with Crippen molar-refractivity contribution in [2.75, 3.05) is 23.3 Å². The maximum absolute atomic E-state index is 10.8. The van der Waals surface area contributed by atoms with Gasteiger partial charge in [-0.05, 0) is 36.8 Å². The van der Waals surface area contributed by atoms with Crippen LogP contribution < -0.4 is 11.1 Å². The third-order valence-electron chi connectivity index (χ3n) is 2.84. The van der Waals surface area contributed by atoms with Crippen molar-refractivity contribution in [1.29, 1.82) is 0 Å². The first-order chi connectivity index (χ1) is 8.16. The molecule has 5 heteroatoms. The Morgan fingerprint density at radius 1 is 1.59 bits per heavy atom. The van der Waals surface area contributed by atoms with Crippen LogP contribution in [0.4, 0.5) is 11.4 Å². The number of carboxylic acid groups (broad SMARTS) is 1. The van der Waals surface area contributed by atoms with Crippen molar-refractivity contribution in [2.45, 2.75) is 18.1 Å². The lowest BCUT2D eigenvalue weighted by atomic mass is 10.1. The van der Waals surface area contributed by atoms with Gasteiger partial charge >= 0.3 is 5.97 Å². The molecule has 1 aliphatic heterocycles. The first-order valence-corrected chi connectivity index (χ1v) is 6.70. The summed E-state index contributed by atoms with van der Waals surface area (Å²) in [5.74, 6) is 0.257. The molecule has 1 unspecified atom stereocenters. The molecule has 1 fully saturated rings. The molecule has 1 aromatic carbocycles. The second kappa shape index (κ2) is 5.31. The van der Waals surface area contributed by atoms with Gasteiger partial charge in [0.2, 0.25) is 0 Å². The van der Waals surface area contributed by atoms with E-state index < -0.39 is 5.97 Å². The molecule has 92 valence electrons. The van der Waals surface area contributed by atoms with Crippen LogP contribution in [0.2, 0.25) is 0 Å². The van der Waals surface area contributed by atoms with E-state index in [0.717, 1.165) is 12.2 Å². The van der Waals surface area contributed by atoms with E-state index in [2.05, 4.69) is 5.32 Å². The van der Waals surface area contributed by atoms with Gasteiger partial charge in [0, 0.05) is 23.2 Å². The number of nitrogen functional groups attached to an aromatic ring is 1. The summed E-state index contributed by atoms with van der Waals surface area (Å²) in [6, 6.07) is 4.99. The highest BCUT2D eigenvalue weighted by Crippen LogP contribution is 2.26. The molecule has 4 N–H and O–H groups in total. The molecular formula is C12H16N2O2S. The lowest BCUT2D eigenvalue weighted by Gasteiger charge is -2.12. The van der Waals surface area contributed by atoms with Gasteiger partial charge in [-0.15, -0.1) is 0 Å². The van der Waals surface area contributed by atoms with Crippen molar-refractivity contribution >= 4 is 29.1 Å². The predicted molar refractivity (Wildman–Crippen MR) is 71.8 cm³/mol. The molecule has 0 amide bonds. The summed E-state index contributed by atoms with van der Waals surface area (Å²) in [6.07, 6.45) is 2.54. The Kier molecular flexibility index (Phi) is 3.78. The molecule has 0 aromatic heterocycles. The summed E-state index contributed by atoms with van der Waals surface area (Å²) in [7, 11) is 0. The SMILES string of the molecule is Nc1cc(NCC2CCCS2)ccc1C(=O)O. The molecule has 17 heavy (non-hydrogen) atoms. The maximum Gasteiger partial charge on any atom is 0.337 e. The normalized spacial score (nSPS) is 19.2. The molecule has 1 aromatic rings. The molecule has 1 atom stereocenters. The minimum atomic E-state index is -0.986. The minimum absolute atomic E-state index is 0.158. The Bertz CT molecular complexity index is 417. The first-order valence-electron chi connectivity index (χ1n) is 5.65. The van der Waals surface area contributed by atoms with E-state index in [0.29, 0.717) is 10.9 Å². The van der Waals surface area contributed by atoms with Crippen LogP contribution in [0.1, 0.15) is 23.2 Å². The number of hydrogen-bond acceptors (Lipinski definition) is 4. The Morgan fingerprint density at radius 3 is 3.00 bits per heavy atom. The number of anilines is 2. The van der Waals surface area contributed by atoms with Crippen LogP contribution in [-0.4, -0.2) is 28.6 Å². The molecule has 1 heterocycles. The summed E-state index contributed by atoms with van der Waals surface area (Å²) in [5, 5.41) is 12.8. The third-order valence-corrected chi connectivity index (χ3v) is 4.24. The molecule has 0 bridgehead atoms. The number of hydrogen-bond donors (Lipinski definition) is 3. The van der Waals surface area contributed by atoms with Gasteiger partial charge in [0.25, 0.3) is 0 Å². The average molecular weight is 252 g/mol. The van der Waals surface area contributed by atoms with Crippen molar-refractivity contribution in [3.63, 3.8) is 0 Å². The molecule has 4 nitrogen and oxygen atoms in total. The van der Waals surface area contributed by atoms with E-state index in [-0.39, 0.29) is 5.56 Å². The highest BCUT2D eigenvalue weighted by Gasteiger charge is 2.15. The van der Waals surface area contributed by atoms with E-state index in [4.69, 9.17) is 10.8 Å². The zero-order valence-corrected chi connectivity index (χ0v) is 10.3. The summed E-state index contributed by atoms with van der Waals surface area (Å²) in [5.41, 5.74) is 7.03. The number of nitrogens with two attached hydrogens (primary N) is 1. The van der Waals surface area contributed by atoms with Gasteiger partial charge in [-0.1, -0.05) is 0 Å². The Morgan fingerprint density at radius 2 is 2.41 bits per heavy atom. The van der Waals surface area contributed by atoms with E-state index in [1.807, 2.05) is 11.8 Å². The molecule has 1 saturated heterocycles. The van der Waals surface area contributed by atoms with Crippen LogP contribution >= 0.6 is 11.8 Å². The molecular weight excluding hydrogens is 236 g/mol. The number of rotatable bonds is 4. The van der Waals surface area contributed by atoms with Crippen LogP contribution in [0.3, 0.4) is 0 Å². The van der Waals surface area contributed by atoms with Gasteiger partial charge in [-0.2, -0.15) is 11.8 Å². The van der Waals surface area contributed by atoms with Gasteiger partial charge in [-0.3, -0.25) is 0 Å². The summed E-state index contributed by atoms with van der Waals surface area (Å²) in [4.78, 5) is 10.8. The van der Waals surface area contributed by atoms with Gasteiger partial charge < -0.3 is 16.2 Å². The molecule has 0 aliphatic carbocycles. The van der Waals surface area contributed by atoms with Crippen molar-refractivity contribution < 1.29 is 9.90 Å². The maximum atomic E-state index is 10.8. The highest BCUT2D eigenvalue weighted by atomic mass is 32.2. The largest absolute Gasteiger partial charge is 0.478 e. The smallest absolute Gasteiger partial charge is 0.337 e. The van der Waals surface area contributed by atoms with Crippen molar-refractivity contribution in [2.24, 2.45) is 0 Å². The number of thioether (sulfide) groups is 1. The number of carboxylic acids is 1. The van der Waals surface area contributed by atoms with Crippen LogP contribution in [-0.2, 0) is 0 Å². The monoisotopic (exact) mass is 252 g/mol. The van der Waals surface area contributed by atoms with Crippen LogP contribution in [0.15, 0.2) is 18.2 Å². The standard InChI is InChI=1S/C12H16N2O2S/c13-11-6-8(3-4-10(11)12(15)16)14-7-9-2-1-5-17-9/h3-4,6,9,14H,1-2,5,7,13H2,(H,15,16). The average Bonchev–Trinajstić information content (AvgIpc) is 2.78. The van der Waals surface area contributed by atoms with Crippen LogP contribution in [0.5, 0.6) is 0 Å². The van der Waals surface area contributed by atoms with Crippen molar-refractivity contribution in [3.05, 3.63) is 23.8 Å². The second-order valence-electron chi connectivity index (χ2n) is 4.12. The van der Waals surface area contributed by atoms with Crippen molar-refractivity contribution in [3.8, 4) is 0 Å². The molecule has 1 aliphatic rings. The van der Waals surface area contributed by atoms with E-state index >= 15 is 0 Å². The fourth-order valence-electron chi connectivity index (χ4n) is 1.90. The lowest BCUT2D eigenvalue weighted by Crippen LogP contribution is -2.14. The van der Waals surface area contributed by atoms with E-state index in [1.165, 1.54) is 18.6 Å². The van der Waals surface area contributed by atoms with Crippen molar-refractivity contribution in [1.82, 2.24) is 0 Å². The lowest BCUT2D eigenvalue weighted by molar-refractivity contribution is 0.0698. The molecule has 0 radical (unpaired) electrons. The van der Waals surface area contributed by atoms with Gasteiger partial charge in [0.05, 0.1) is 5.56 Å². The number of carbonyl (C=O) groups is 1. The Hall–Kier alpha value is -1.36. The fourth-order valence-corrected chi connectivity index (χ4v) is 3.11. The number of benzene rings is 1. The molecule has 0 spiro atoms.